The summed E-state index contributed by atoms with van der Waals surface area (Å²) < 4.78 is 5.69. The van der Waals surface area contributed by atoms with Gasteiger partial charge in [-0.25, -0.2) is 0 Å². The van der Waals surface area contributed by atoms with Crippen molar-refractivity contribution in [1.82, 2.24) is 10.2 Å². The van der Waals surface area contributed by atoms with Crippen LogP contribution < -0.4 is 5.32 Å². The summed E-state index contributed by atoms with van der Waals surface area (Å²) in [5.41, 5.74) is 0. The molecule has 0 saturated carbocycles. The molecule has 0 amide bonds. The molecule has 3 nitrogen and oxygen atoms in total. The van der Waals surface area contributed by atoms with E-state index in [1.807, 2.05) is 0 Å². The summed E-state index contributed by atoms with van der Waals surface area (Å²) in [6.45, 7) is 7.79. The lowest BCUT2D eigenvalue weighted by atomic mass is 10.0. The predicted octanol–water partition coefficient (Wildman–Crippen LogP) is 0.849. The van der Waals surface area contributed by atoms with Gasteiger partial charge in [0.1, 0.15) is 0 Å². The van der Waals surface area contributed by atoms with Crippen molar-refractivity contribution in [2.24, 2.45) is 0 Å². The zero-order chi connectivity index (χ0) is 9.80. The van der Waals surface area contributed by atoms with Gasteiger partial charge in [-0.15, -0.1) is 0 Å². The fourth-order valence-corrected chi connectivity index (χ4v) is 2.47. The van der Waals surface area contributed by atoms with Gasteiger partial charge in [0.05, 0.1) is 12.7 Å². The molecule has 0 aromatic heterocycles. The van der Waals surface area contributed by atoms with Gasteiger partial charge in [0.2, 0.25) is 0 Å². The Hall–Kier alpha value is -0.120. The minimum atomic E-state index is 0.477. The SMILES string of the molecule is CCC1CN(C2CCCNC2)CCO1. The lowest BCUT2D eigenvalue weighted by Gasteiger charge is -2.39. The van der Waals surface area contributed by atoms with Crippen LogP contribution in [0.4, 0.5) is 0 Å². The monoisotopic (exact) mass is 198 g/mol. The number of piperidine rings is 1. The van der Waals surface area contributed by atoms with Gasteiger partial charge in [-0.3, -0.25) is 4.90 Å². The number of hydrogen-bond acceptors (Lipinski definition) is 3. The average molecular weight is 198 g/mol. The summed E-state index contributed by atoms with van der Waals surface area (Å²) in [5.74, 6) is 0. The lowest BCUT2D eigenvalue weighted by Crippen LogP contribution is -2.52. The van der Waals surface area contributed by atoms with Crippen LogP contribution >= 0.6 is 0 Å². The van der Waals surface area contributed by atoms with E-state index < -0.39 is 0 Å². The molecule has 82 valence electrons. The number of morpholine rings is 1. The summed E-state index contributed by atoms with van der Waals surface area (Å²) in [4.78, 5) is 2.61. The van der Waals surface area contributed by atoms with Crippen molar-refractivity contribution in [3.63, 3.8) is 0 Å². The average Bonchev–Trinajstić information content (AvgIpc) is 2.30. The van der Waals surface area contributed by atoms with E-state index in [9.17, 15) is 0 Å². The van der Waals surface area contributed by atoms with Crippen LogP contribution in [0.5, 0.6) is 0 Å². The van der Waals surface area contributed by atoms with Gasteiger partial charge in [0, 0.05) is 25.7 Å². The van der Waals surface area contributed by atoms with Crippen LogP contribution in [0, 0.1) is 0 Å². The molecular weight excluding hydrogens is 176 g/mol. The van der Waals surface area contributed by atoms with Gasteiger partial charge >= 0.3 is 0 Å². The second kappa shape index (κ2) is 5.10. The summed E-state index contributed by atoms with van der Waals surface area (Å²) in [6.07, 6.45) is 4.32. The highest BCUT2D eigenvalue weighted by Gasteiger charge is 2.26. The predicted molar refractivity (Wildman–Crippen MR) is 57.5 cm³/mol. The molecule has 2 fully saturated rings. The maximum Gasteiger partial charge on any atom is 0.0700 e. The molecule has 0 aromatic carbocycles. The molecule has 2 rings (SSSR count). The number of nitrogens with zero attached hydrogens (tertiary/aromatic N) is 1. The van der Waals surface area contributed by atoms with Crippen LogP contribution in [0.15, 0.2) is 0 Å². The first-order valence-corrected chi connectivity index (χ1v) is 5.96. The maximum atomic E-state index is 5.69. The van der Waals surface area contributed by atoms with Crippen LogP contribution in [-0.4, -0.2) is 49.8 Å². The Balaban J connectivity index is 1.83. The van der Waals surface area contributed by atoms with E-state index in [0.717, 1.165) is 32.2 Å². The van der Waals surface area contributed by atoms with E-state index >= 15 is 0 Å². The molecule has 2 atom stereocenters. The van der Waals surface area contributed by atoms with E-state index in [1.165, 1.54) is 25.9 Å². The van der Waals surface area contributed by atoms with Crippen molar-refractivity contribution in [3.8, 4) is 0 Å². The molecule has 0 aromatic rings. The largest absolute Gasteiger partial charge is 0.376 e. The maximum absolute atomic E-state index is 5.69. The van der Waals surface area contributed by atoms with E-state index in [0.29, 0.717) is 6.10 Å². The quantitative estimate of drug-likeness (QED) is 0.712. The van der Waals surface area contributed by atoms with Crippen molar-refractivity contribution < 1.29 is 4.74 Å². The normalized spacial score (nSPS) is 35.8. The molecule has 14 heavy (non-hydrogen) atoms. The van der Waals surface area contributed by atoms with E-state index in [2.05, 4.69) is 17.1 Å². The van der Waals surface area contributed by atoms with Gasteiger partial charge in [-0.2, -0.15) is 0 Å². The smallest absolute Gasteiger partial charge is 0.0700 e. The van der Waals surface area contributed by atoms with Crippen LogP contribution in [-0.2, 0) is 4.74 Å². The van der Waals surface area contributed by atoms with Crippen molar-refractivity contribution in [2.45, 2.75) is 38.3 Å². The molecule has 2 aliphatic heterocycles. The molecule has 2 aliphatic rings. The fraction of sp³-hybridized carbons (Fsp3) is 1.00. The van der Waals surface area contributed by atoms with E-state index in [-0.39, 0.29) is 0 Å². The molecule has 0 aliphatic carbocycles. The van der Waals surface area contributed by atoms with Crippen LogP contribution in [0.3, 0.4) is 0 Å². The zero-order valence-corrected chi connectivity index (χ0v) is 9.17. The topological polar surface area (TPSA) is 24.5 Å². The second-order valence-electron chi connectivity index (χ2n) is 4.40. The summed E-state index contributed by atoms with van der Waals surface area (Å²) >= 11 is 0. The summed E-state index contributed by atoms with van der Waals surface area (Å²) in [5, 5.41) is 3.48. The van der Waals surface area contributed by atoms with Gasteiger partial charge in [-0.05, 0) is 25.8 Å². The molecule has 0 bridgehead atoms. The Morgan fingerprint density at radius 3 is 3.14 bits per heavy atom. The highest BCUT2D eigenvalue weighted by molar-refractivity contribution is 4.82. The molecule has 1 N–H and O–H groups in total. The number of nitrogens with one attached hydrogen (secondary N) is 1. The number of rotatable bonds is 2. The van der Waals surface area contributed by atoms with Crippen molar-refractivity contribution in [1.29, 1.82) is 0 Å². The number of ether oxygens (including phenoxy) is 1. The standard InChI is InChI=1S/C11H22N2O/c1-2-11-9-13(6-7-14-11)10-4-3-5-12-8-10/h10-12H,2-9H2,1H3. The molecule has 2 saturated heterocycles. The van der Waals surface area contributed by atoms with E-state index in [4.69, 9.17) is 4.74 Å². The Morgan fingerprint density at radius 1 is 1.50 bits per heavy atom. The highest BCUT2D eigenvalue weighted by Crippen LogP contribution is 2.15. The molecule has 2 heterocycles. The first kappa shape index (κ1) is 10.4. The van der Waals surface area contributed by atoms with Crippen molar-refractivity contribution in [2.75, 3.05) is 32.8 Å². The Morgan fingerprint density at radius 2 is 2.43 bits per heavy atom. The molecular formula is C11H22N2O. The van der Waals surface area contributed by atoms with Crippen LogP contribution in [0.1, 0.15) is 26.2 Å². The lowest BCUT2D eigenvalue weighted by molar-refractivity contribution is -0.0471. The van der Waals surface area contributed by atoms with Crippen molar-refractivity contribution in [3.05, 3.63) is 0 Å². The first-order chi connectivity index (χ1) is 6.90. The Labute approximate surface area is 86.8 Å². The third-order valence-electron chi connectivity index (χ3n) is 3.41. The minimum absolute atomic E-state index is 0.477. The molecule has 0 radical (unpaired) electrons. The van der Waals surface area contributed by atoms with Gasteiger partial charge in [0.15, 0.2) is 0 Å². The van der Waals surface area contributed by atoms with Crippen molar-refractivity contribution >= 4 is 0 Å². The summed E-state index contributed by atoms with van der Waals surface area (Å²) in [7, 11) is 0. The van der Waals surface area contributed by atoms with E-state index in [1.54, 1.807) is 0 Å². The highest BCUT2D eigenvalue weighted by atomic mass is 16.5. The van der Waals surface area contributed by atoms with Gasteiger partial charge in [-0.1, -0.05) is 6.92 Å². The zero-order valence-electron chi connectivity index (χ0n) is 9.17. The molecule has 0 spiro atoms. The third-order valence-corrected chi connectivity index (χ3v) is 3.41. The third kappa shape index (κ3) is 2.47. The van der Waals surface area contributed by atoms with Crippen LogP contribution in [0.2, 0.25) is 0 Å². The molecule has 3 heteroatoms. The molecule has 2 unspecified atom stereocenters. The van der Waals surface area contributed by atoms with Gasteiger partial charge in [0.25, 0.3) is 0 Å². The number of hydrogen-bond donors (Lipinski definition) is 1. The first-order valence-electron chi connectivity index (χ1n) is 5.96. The van der Waals surface area contributed by atoms with Gasteiger partial charge < -0.3 is 10.1 Å². The fourth-order valence-electron chi connectivity index (χ4n) is 2.47. The Kier molecular flexibility index (Phi) is 3.79. The summed E-state index contributed by atoms with van der Waals surface area (Å²) in [6, 6.07) is 0.765. The Bertz CT molecular complexity index is 169. The minimum Gasteiger partial charge on any atom is -0.376 e. The second-order valence-corrected chi connectivity index (χ2v) is 4.40. The van der Waals surface area contributed by atoms with Crippen LogP contribution in [0.25, 0.3) is 0 Å².